The average Bonchev–Trinajstić information content (AvgIpc) is 3.06. The van der Waals surface area contributed by atoms with Gasteiger partial charge in [-0.2, -0.15) is 4.98 Å². The SMILES string of the molecule is Cc1cn2c3c(=O)n(C)c(=O)n(C)c3nc2n1-c1ccc(Br)cc1. The molecule has 0 fully saturated rings. The number of fused-ring (bicyclic) bond motifs is 3. The zero-order valence-electron chi connectivity index (χ0n) is 13.3. The summed E-state index contributed by atoms with van der Waals surface area (Å²) in [6, 6.07) is 7.83. The van der Waals surface area contributed by atoms with E-state index in [9.17, 15) is 9.59 Å². The van der Waals surface area contributed by atoms with E-state index in [4.69, 9.17) is 0 Å². The summed E-state index contributed by atoms with van der Waals surface area (Å²) in [5.74, 6) is 0.600. The summed E-state index contributed by atoms with van der Waals surface area (Å²) in [5.41, 5.74) is 1.91. The van der Waals surface area contributed by atoms with Crippen LogP contribution in [0.3, 0.4) is 0 Å². The van der Waals surface area contributed by atoms with Crippen LogP contribution in [0.4, 0.5) is 0 Å². The van der Waals surface area contributed by atoms with Crippen molar-refractivity contribution in [3.63, 3.8) is 0 Å². The normalized spacial score (nSPS) is 11.7. The number of aryl methyl sites for hydroxylation is 2. The highest BCUT2D eigenvalue weighted by Crippen LogP contribution is 2.22. The van der Waals surface area contributed by atoms with E-state index < -0.39 is 0 Å². The lowest BCUT2D eigenvalue weighted by Gasteiger charge is -2.05. The van der Waals surface area contributed by atoms with Crippen LogP contribution in [0, 0.1) is 6.92 Å². The summed E-state index contributed by atoms with van der Waals surface area (Å²) in [5, 5.41) is 0. The van der Waals surface area contributed by atoms with Gasteiger partial charge in [0.2, 0.25) is 5.78 Å². The zero-order valence-corrected chi connectivity index (χ0v) is 14.9. The van der Waals surface area contributed by atoms with E-state index in [2.05, 4.69) is 20.9 Å². The molecular formula is C16H14BrN5O2. The van der Waals surface area contributed by atoms with E-state index in [0.717, 1.165) is 20.4 Å². The molecule has 0 radical (unpaired) electrons. The quantitative estimate of drug-likeness (QED) is 0.499. The van der Waals surface area contributed by atoms with Crippen LogP contribution in [0.1, 0.15) is 5.69 Å². The van der Waals surface area contributed by atoms with Crippen LogP contribution >= 0.6 is 15.9 Å². The molecule has 24 heavy (non-hydrogen) atoms. The Kier molecular flexibility index (Phi) is 3.08. The maximum Gasteiger partial charge on any atom is 0.332 e. The van der Waals surface area contributed by atoms with E-state index in [0.29, 0.717) is 16.9 Å². The standard InChI is InChI=1S/C16H14BrN5O2/c1-9-8-21-12-13(19(2)16(24)20(3)14(12)23)18-15(21)22(9)11-6-4-10(17)5-7-11/h4-8H,1-3H3. The Bertz CT molecular complexity index is 1220. The number of benzene rings is 1. The fraction of sp³-hybridized carbons (Fsp3) is 0.188. The van der Waals surface area contributed by atoms with Crippen molar-refractivity contribution in [2.75, 3.05) is 0 Å². The predicted molar refractivity (Wildman–Crippen MR) is 94.9 cm³/mol. The molecule has 0 spiro atoms. The molecular weight excluding hydrogens is 374 g/mol. The number of halogens is 1. The Morgan fingerprint density at radius 2 is 1.71 bits per heavy atom. The largest absolute Gasteiger partial charge is 0.332 e. The fourth-order valence-corrected chi connectivity index (χ4v) is 3.26. The van der Waals surface area contributed by atoms with Gasteiger partial charge in [-0.1, -0.05) is 15.9 Å². The first-order valence-electron chi connectivity index (χ1n) is 7.32. The number of nitrogens with zero attached hydrogens (tertiary/aromatic N) is 5. The first kappa shape index (κ1) is 14.9. The fourth-order valence-electron chi connectivity index (χ4n) is 2.99. The Morgan fingerprint density at radius 1 is 1.04 bits per heavy atom. The molecule has 8 heteroatoms. The molecule has 3 aromatic heterocycles. The summed E-state index contributed by atoms with van der Waals surface area (Å²) in [7, 11) is 3.09. The molecule has 4 rings (SSSR count). The molecule has 4 aromatic rings. The van der Waals surface area contributed by atoms with Crippen molar-refractivity contribution in [1.82, 2.24) is 23.1 Å². The van der Waals surface area contributed by atoms with Crippen LogP contribution in [-0.4, -0.2) is 23.1 Å². The van der Waals surface area contributed by atoms with Crippen LogP contribution in [0.5, 0.6) is 0 Å². The second kappa shape index (κ2) is 4.94. The molecule has 0 aliphatic heterocycles. The molecule has 0 amide bonds. The van der Waals surface area contributed by atoms with Gasteiger partial charge in [0.25, 0.3) is 5.56 Å². The minimum absolute atomic E-state index is 0.353. The topological polar surface area (TPSA) is 66.2 Å². The third-order valence-electron chi connectivity index (χ3n) is 4.23. The van der Waals surface area contributed by atoms with Gasteiger partial charge in [-0.3, -0.25) is 22.9 Å². The molecule has 1 aromatic carbocycles. The lowest BCUT2D eigenvalue weighted by atomic mass is 10.3. The second-order valence-corrected chi connectivity index (χ2v) is 6.66. The second-order valence-electron chi connectivity index (χ2n) is 5.74. The number of aromatic nitrogens is 5. The molecule has 0 bridgehead atoms. The molecule has 7 nitrogen and oxygen atoms in total. The summed E-state index contributed by atoms with van der Waals surface area (Å²) >= 11 is 3.43. The van der Waals surface area contributed by atoms with Crippen molar-refractivity contribution in [2.45, 2.75) is 6.92 Å². The van der Waals surface area contributed by atoms with Gasteiger partial charge in [0.05, 0.1) is 0 Å². The molecule has 122 valence electrons. The third-order valence-corrected chi connectivity index (χ3v) is 4.75. The van der Waals surface area contributed by atoms with Crippen molar-refractivity contribution in [3.8, 4) is 5.69 Å². The Labute approximate surface area is 144 Å². The maximum atomic E-state index is 12.6. The van der Waals surface area contributed by atoms with E-state index in [1.165, 1.54) is 11.6 Å². The highest BCUT2D eigenvalue weighted by molar-refractivity contribution is 9.10. The number of hydrogen-bond acceptors (Lipinski definition) is 3. The molecule has 0 atom stereocenters. The highest BCUT2D eigenvalue weighted by Gasteiger charge is 2.19. The zero-order chi connectivity index (χ0) is 17.2. The number of imidazole rings is 2. The summed E-state index contributed by atoms with van der Waals surface area (Å²) in [6.07, 6.45) is 1.86. The highest BCUT2D eigenvalue weighted by atomic mass is 79.9. The van der Waals surface area contributed by atoms with Crippen molar-refractivity contribution in [3.05, 3.63) is 61.5 Å². The van der Waals surface area contributed by atoms with Gasteiger partial charge in [-0.15, -0.1) is 0 Å². The third kappa shape index (κ3) is 1.86. The number of hydrogen-bond donors (Lipinski definition) is 0. The summed E-state index contributed by atoms with van der Waals surface area (Å²) in [4.78, 5) is 29.2. The molecule has 0 aliphatic rings. The predicted octanol–water partition coefficient (Wildman–Crippen LogP) is 1.75. The van der Waals surface area contributed by atoms with Gasteiger partial charge in [0.15, 0.2) is 11.2 Å². The molecule has 0 N–H and O–H groups in total. The Balaban J connectivity index is 2.19. The average molecular weight is 388 g/mol. The van der Waals surface area contributed by atoms with E-state index in [1.54, 1.807) is 11.4 Å². The lowest BCUT2D eigenvalue weighted by molar-refractivity contribution is 0.708. The van der Waals surface area contributed by atoms with Crippen LogP contribution in [0.15, 0.2) is 44.5 Å². The molecule has 0 unspecified atom stereocenters. The van der Waals surface area contributed by atoms with Crippen molar-refractivity contribution < 1.29 is 0 Å². The van der Waals surface area contributed by atoms with E-state index >= 15 is 0 Å². The first-order chi connectivity index (χ1) is 11.4. The summed E-state index contributed by atoms with van der Waals surface area (Å²) in [6.45, 7) is 1.95. The van der Waals surface area contributed by atoms with E-state index in [-0.39, 0.29) is 11.2 Å². The van der Waals surface area contributed by atoms with Gasteiger partial charge in [0, 0.05) is 36.1 Å². The van der Waals surface area contributed by atoms with E-state index in [1.807, 2.05) is 42.0 Å². The summed E-state index contributed by atoms with van der Waals surface area (Å²) < 4.78 is 7.18. The maximum absolute atomic E-state index is 12.6. The van der Waals surface area contributed by atoms with Gasteiger partial charge < -0.3 is 0 Å². The minimum Gasteiger partial charge on any atom is -0.283 e. The molecule has 0 saturated heterocycles. The minimum atomic E-state index is -0.389. The van der Waals surface area contributed by atoms with Gasteiger partial charge in [0.1, 0.15) is 0 Å². The van der Waals surface area contributed by atoms with Crippen LogP contribution in [-0.2, 0) is 14.1 Å². The molecule has 0 saturated carbocycles. The van der Waals surface area contributed by atoms with Crippen LogP contribution < -0.4 is 11.2 Å². The van der Waals surface area contributed by atoms with Crippen molar-refractivity contribution in [1.29, 1.82) is 0 Å². The van der Waals surface area contributed by atoms with Crippen LogP contribution in [0.2, 0.25) is 0 Å². The molecule has 3 heterocycles. The van der Waals surface area contributed by atoms with Gasteiger partial charge in [-0.05, 0) is 31.2 Å². The van der Waals surface area contributed by atoms with Crippen molar-refractivity contribution >= 4 is 32.9 Å². The number of rotatable bonds is 1. The van der Waals surface area contributed by atoms with Crippen molar-refractivity contribution in [2.24, 2.45) is 14.1 Å². The lowest BCUT2D eigenvalue weighted by Crippen LogP contribution is -2.37. The monoisotopic (exact) mass is 387 g/mol. The Morgan fingerprint density at radius 3 is 2.38 bits per heavy atom. The molecule has 0 aliphatic carbocycles. The van der Waals surface area contributed by atoms with Gasteiger partial charge >= 0.3 is 5.69 Å². The van der Waals surface area contributed by atoms with Crippen LogP contribution in [0.25, 0.3) is 22.6 Å². The smallest absolute Gasteiger partial charge is 0.283 e. The first-order valence-corrected chi connectivity index (χ1v) is 8.11. The van der Waals surface area contributed by atoms with Gasteiger partial charge in [-0.25, -0.2) is 4.79 Å². The Hall–Kier alpha value is -2.61.